The summed E-state index contributed by atoms with van der Waals surface area (Å²) in [5.41, 5.74) is -0.0956. The molecule has 0 radical (unpaired) electrons. The second-order valence-corrected chi connectivity index (χ2v) is 14.1. The first-order valence-electron chi connectivity index (χ1n) is 14.1. The molecule has 1 amide bonds. The summed E-state index contributed by atoms with van der Waals surface area (Å²) in [5.74, 6) is -2.59. The normalized spacial score (nSPS) is 20.4. The third kappa shape index (κ3) is 6.45. The van der Waals surface area contributed by atoms with Gasteiger partial charge in [-0.25, -0.2) is 8.42 Å². The number of hydrogen-bond acceptors (Lipinski definition) is 6. The molecule has 1 saturated carbocycles. The van der Waals surface area contributed by atoms with Crippen molar-refractivity contribution in [1.82, 2.24) is 4.90 Å². The molecule has 2 aromatic rings. The van der Waals surface area contributed by atoms with Crippen LogP contribution in [-0.4, -0.2) is 54.4 Å². The lowest BCUT2D eigenvalue weighted by molar-refractivity contribution is -0.142. The number of nitrogens with zero attached hydrogens (tertiary/aromatic N) is 1. The molecule has 1 aliphatic carbocycles. The topological polar surface area (TPSA) is 106 Å². The average Bonchev–Trinajstić information content (AvgIpc) is 3.62. The number of halogens is 2. The molecule has 0 N–H and O–H groups in total. The molecule has 2 fully saturated rings. The van der Waals surface area contributed by atoms with Crippen LogP contribution in [0.5, 0.6) is 0 Å². The summed E-state index contributed by atoms with van der Waals surface area (Å²) in [7, 11) is -3.99. The van der Waals surface area contributed by atoms with Gasteiger partial charge in [-0.2, -0.15) is 0 Å². The second kappa shape index (κ2) is 12.8. The summed E-state index contributed by atoms with van der Waals surface area (Å²) in [5, 5.41) is -0.451. The molecular weight excluding hydrogens is 585 g/mol. The Kier molecular flexibility index (Phi) is 9.77. The lowest BCUT2D eigenvalue weighted by Crippen LogP contribution is -2.46. The number of carbonyl (C=O) groups excluding carboxylic acids is 4. The van der Waals surface area contributed by atoms with Crippen molar-refractivity contribution in [3.05, 3.63) is 64.1 Å². The van der Waals surface area contributed by atoms with Crippen LogP contribution in [0.3, 0.4) is 0 Å². The van der Waals surface area contributed by atoms with Crippen molar-refractivity contribution in [1.29, 1.82) is 0 Å². The van der Waals surface area contributed by atoms with Gasteiger partial charge in [0.15, 0.2) is 21.4 Å². The monoisotopic (exact) mass is 619 g/mol. The first-order chi connectivity index (χ1) is 19.5. The summed E-state index contributed by atoms with van der Waals surface area (Å²) < 4.78 is 27.4. The first-order valence-corrected chi connectivity index (χ1v) is 16.4. The van der Waals surface area contributed by atoms with E-state index >= 15 is 0 Å². The fourth-order valence-corrected chi connectivity index (χ4v) is 8.18. The molecule has 3 atom stereocenters. The van der Waals surface area contributed by atoms with Gasteiger partial charge in [0.25, 0.3) is 0 Å². The van der Waals surface area contributed by atoms with E-state index in [9.17, 15) is 27.6 Å². The van der Waals surface area contributed by atoms with E-state index in [-0.39, 0.29) is 41.6 Å². The quantitative estimate of drug-likeness (QED) is 0.263. The second-order valence-electron chi connectivity index (χ2n) is 11.1. The van der Waals surface area contributed by atoms with Crippen LogP contribution in [0, 0.1) is 5.92 Å². The Morgan fingerprint density at radius 2 is 1.63 bits per heavy atom. The third-order valence-electron chi connectivity index (χ3n) is 8.24. The highest BCUT2D eigenvalue weighted by molar-refractivity contribution is 7.92. The number of benzene rings is 2. The Bertz CT molecular complexity index is 1430. The molecule has 0 spiro atoms. The average molecular weight is 621 g/mol. The van der Waals surface area contributed by atoms with Crippen LogP contribution >= 0.6 is 23.2 Å². The van der Waals surface area contributed by atoms with Crippen LogP contribution in [0.15, 0.2) is 53.4 Å². The number of sulfone groups is 1. The number of carbonyl (C=O) groups is 4. The van der Waals surface area contributed by atoms with Crippen LogP contribution in [0.4, 0.5) is 0 Å². The van der Waals surface area contributed by atoms with Gasteiger partial charge < -0.3 is 4.90 Å². The molecule has 0 bridgehead atoms. The Hall–Kier alpha value is -2.55. The zero-order chi connectivity index (χ0) is 29.9. The van der Waals surface area contributed by atoms with Crippen molar-refractivity contribution in [2.24, 2.45) is 5.92 Å². The Labute approximate surface area is 251 Å². The van der Waals surface area contributed by atoms with E-state index in [1.807, 2.05) is 6.92 Å². The molecule has 0 unspecified atom stereocenters. The summed E-state index contributed by atoms with van der Waals surface area (Å²) in [4.78, 5) is 54.6. The van der Waals surface area contributed by atoms with E-state index in [2.05, 4.69) is 0 Å². The van der Waals surface area contributed by atoms with Gasteiger partial charge >= 0.3 is 0 Å². The first kappa shape index (κ1) is 31.4. The van der Waals surface area contributed by atoms with Crippen molar-refractivity contribution >= 4 is 56.3 Å². The Morgan fingerprint density at radius 1 is 0.976 bits per heavy atom. The number of Topliss-reactive ketones (excluding diaryl/α,β-unsaturated/α-hetero) is 3. The molecule has 7 nitrogen and oxygen atoms in total. The molecule has 1 aliphatic heterocycles. The van der Waals surface area contributed by atoms with Gasteiger partial charge in [0, 0.05) is 30.3 Å². The predicted molar refractivity (Wildman–Crippen MR) is 158 cm³/mol. The van der Waals surface area contributed by atoms with Gasteiger partial charge in [-0.05, 0) is 61.9 Å². The van der Waals surface area contributed by atoms with Crippen molar-refractivity contribution in [3.63, 3.8) is 0 Å². The highest BCUT2D eigenvalue weighted by Gasteiger charge is 2.57. The van der Waals surface area contributed by atoms with Gasteiger partial charge in [-0.1, -0.05) is 67.7 Å². The van der Waals surface area contributed by atoms with Crippen molar-refractivity contribution in [2.75, 3.05) is 6.54 Å². The highest BCUT2D eigenvalue weighted by atomic mass is 35.5. The number of ketones is 3. The maximum atomic E-state index is 14.1. The molecule has 220 valence electrons. The fourth-order valence-electron chi connectivity index (χ4n) is 5.83. The Morgan fingerprint density at radius 3 is 2.22 bits per heavy atom. The summed E-state index contributed by atoms with van der Waals surface area (Å²) >= 11 is 12.3. The van der Waals surface area contributed by atoms with Crippen LogP contribution in [-0.2, 0) is 34.4 Å². The van der Waals surface area contributed by atoms with Crippen LogP contribution in [0.1, 0.15) is 70.8 Å². The Balaban J connectivity index is 1.67. The van der Waals surface area contributed by atoms with Gasteiger partial charge in [0.05, 0.1) is 26.6 Å². The van der Waals surface area contributed by atoms with E-state index in [4.69, 9.17) is 23.2 Å². The van der Waals surface area contributed by atoms with E-state index in [0.29, 0.717) is 37.1 Å². The maximum absolute atomic E-state index is 14.1. The van der Waals surface area contributed by atoms with Crippen LogP contribution < -0.4 is 0 Å². The minimum atomic E-state index is -3.99. The summed E-state index contributed by atoms with van der Waals surface area (Å²) in [6.07, 6.45) is 2.40. The molecule has 1 saturated heterocycles. The number of amides is 1. The molecule has 2 aliphatic rings. The SMILES string of the molecule is CCCC(=O)C(=O)[C@H](CCC)CC(=O)[C@@H]1C[C@@H](S(=O)(=O)c2ccccc2Cl)CN1C(=O)C1(c2ccc(Cl)cc2)CC1. The summed E-state index contributed by atoms with van der Waals surface area (Å²) in [6, 6.07) is 12.1. The van der Waals surface area contributed by atoms with E-state index in [1.165, 1.54) is 17.0 Å². The van der Waals surface area contributed by atoms with E-state index in [1.54, 1.807) is 43.3 Å². The van der Waals surface area contributed by atoms with Crippen LogP contribution in [0.25, 0.3) is 0 Å². The number of rotatable bonds is 13. The molecule has 10 heteroatoms. The predicted octanol–water partition coefficient (Wildman–Crippen LogP) is 5.78. The molecule has 1 heterocycles. The lowest BCUT2D eigenvalue weighted by atomic mass is 9.87. The largest absolute Gasteiger partial charge is 0.331 e. The fraction of sp³-hybridized carbons (Fsp3) is 0.484. The third-order valence-corrected chi connectivity index (χ3v) is 11.1. The van der Waals surface area contributed by atoms with Crippen molar-refractivity contribution in [2.45, 2.75) is 86.8 Å². The lowest BCUT2D eigenvalue weighted by Gasteiger charge is -2.29. The highest BCUT2D eigenvalue weighted by Crippen LogP contribution is 2.51. The zero-order valence-electron chi connectivity index (χ0n) is 23.3. The van der Waals surface area contributed by atoms with Gasteiger partial charge in [0.1, 0.15) is 0 Å². The molecule has 0 aromatic heterocycles. The minimum Gasteiger partial charge on any atom is -0.331 e. The maximum Gasteiger partial charge on any atom is 0.233 e. The minimum absolute atomic E-state index is 0.0461. The smallest absolute Gasteiger partial charge is 0.233 e. The zero-order valence-corrected chi connectivity index (χ0v) is 25.6. The van der Waals surface area contributed by atoms with Gasteiger partial charge in [0.2, 0.25) is 11.7 Å². The van der Waals surface area contributed by atoms with Crippen molar-refractivity contribution in [3.8, 4) is 0 Å². The number of likely N-dealkylation sites (tertiary alicyclic amines) is 1. The standard InChI is InChI=1S/C31H35Cl2NO6S/c1-3-7-20(29(37)26(35)8-4-2)17-27(36)25-18-23(41(39,40)28-10-6-5-9-24(28)33)19-34(25)30(38)31(15-16-31)21-11-13-22(32)14-12-21/h5-6,9-14,20,23,25H,3-4,7-8,15-19H2,1-2H3/t20-,23-,25+/m1/s1. The van der Waals surface area contributed by atoms with E-state index < -0.39 is 49.8 Å². The molecule has 41 heavy (non-hydrogen) atoms. The molecule has 2 aromatic carbocycles. The number of hydrogen-bond donors (Lipinski definition) is 0. The van der Waals surface area contributed by atoms with E-state index in [0.717, 1.165) is 5.56 Å². The van der Waals surface area contributed by atoms with Gasteiger partial charge in [-0.3, -0.25) is 19.2 Å². The van der Waals surface area contributed by atoms with Gasteiger partial charge in [-0.15, -0.1) is 0 Å². The van der Waals surface area contributed by atoms with Crippen LogP contribution in [0.2, 0.25) is 10.0 Å². The molecular formula is C31H35Cl2NO6S. The molecule has 4 rings (SSSR count). The van der Waals surface area contributed by atoms with Crippen molar-refractivity contribution < 1.29 is 27.6 Å². The summed E-state index contributed by atoms with van der Waals surface area (Å²) in [6.45, 7) is 3.51.